The van der Waals surface area contributed by atoms with Crippen molar-refractivity contribution in [2.45, 2.75) is 19.9 Å². The van der Waals surface area contributed by atoms with Gasteiger partial charge in [-0.25, -0.2) is 14.2 Å². The SMILES string of the molecule is CCOC(=O)C1=C(C)N=C2SC=CN2[C@@H]1c1cccc(OCC(=O)Nc2ccc(Br)cc2F)c1. The molecule has 2 aliphatic rings. The van der Waals surface area contributed by atoms with E-state index in [9.17, 15) is 14.0 Å². The van der Waals surface area contributed by atoms with E-state index in [-0.39, 0.29) is 18.9 Å². The predicted molar refractivity (Wildman–Crippen MR) is 133 cm³/mol. The monoisotopic (exact) mass is 545 g/mol. The number of fused-ring (bicyclic) bond motifs is 1. The molecule has 2 aromatic rings. The number of allylic oxidation sites excluding steroid dienone is 1. The van der Waals surface area contributed by atoms with E-state index in [1.807, 2.05) is 22.6 Å². The lowest BCUT2D eigenvalue weighted by Crippen LogP contribution is -2.34. The number of amidine groups is 1. The first kappa shape index (κ1) is 24.0. The van der Waals surface area contributed by atoms with Crippen molar-refractivity contribution >= 4 is 50.4 Å². The van der Waals surface area contributed by atoms with Gasteiger partial charge in [-0.3, -0.25) is 4.79 Å². The molecule has 2 heterocycles. The number of rotatable bonds is 7. The zero-order chi connectivity index (χ0) is 24.2. The van der Waals surface area contributed by atoms with Gasteiger partial charge in [-0.1, -0.05) is 39.8 Å². The van der Waals surface area contributed by atoms with Gasteiger partial charge >= 0.3 is 5.97 Å². The molecule has 0 radical (unpaired) electrons. The summed E-state index contributed by atoms with van der Waals surface area (Å²) in [7, 11) is 0. The topological polar surface area (TPSA) is 80.2 Å². The summed E-state index contributed by atoms with van der Waals surface area (Å²) in [6, 6.07) is 11.1. The zero-order valence-corrected chi connectivity index (χ0v) is 20.8. The highest BCUT2D eigenvalue weighted by Gasteiger charge is 2.37. The Kier molecular flexibility index (Phi) is 7.38. The van der Waals surface area contributed by atoms with Crippen LogP contribution in [0.15, 0.2) is 74.8 Å². The van der Waals surface area contributed by atoms with Gasteiger partial charge in [-0.05, 0) is 55.2 Å². The van der Waals surface area contributed by atoms with Crippen LogP contribution in [0.5, 0.6) is 5.75 Å². The first-order valence-corrected chi connectivity index (χ1v) is 12.1. The summed E-state index contributed by atoms with van der Waals surface area (Å²) in [6.07, 6.45) is 1.87. The first-order chi connectivity index (χ1) is 16.4. The third-order valence-electron chi connectivity index (χ3n) is 5.06. The number of aliphatic imine (C=N–C) groups is 1. The van der Waals surface area contributed by atoms with Gasteiger partial charge in [0, 0.05) is 10.7 Å². The van der Waals surface area contributed by atoms with Gasteiger partial charge in [0.15, 0.2) is 11.8 Å². The lowest BCUT2D eigenvalue weighted by Gasteiger charge is -2.33. The van der Waals surface area contributed by atoms with Crippen LogP contribution in [0.2, 0.25) is 0 Å². The van der Waals surface area contributed by atoms with E-state index < -0.39 is 23.7 Å². The Labute approximate surface area is 208 Å². The minimum Gasteiger partial charge on any atom is -0.484 e. The molecule has 1 N–H and O–H groups in total. The molecule has 0 saturated heterocycles. The Hall–Kier alpha value is -3.11. The van der Waals surface area contributed by atoms with Crippen LogP contribution in [0.1, 0.15) is 25.5 Å². The summed E-state index contributed by atoms with van der Waals surface area (Å²) in [4.78, 5) is 31.5. The van der Waals surface area contributed by atoms with Crippen LogP contribution in [0, 0.1) is 5.82 Å². The van der Waals surface area contributed by atoms with Crippen molar-refractivity contribution in [3.05, 3.63) is 81.2 Å². The van der Waals surface area contributed by atoms with Gasteiger partial charge in [-0.15, -0.1) is 0 Å². The third-order valence-corrected chi connectivity index (χ3v) is 6.33. The number of benzene rings is 2. The van der Waals surface area contributed by atoms with Gasteiger partial charge < -0.3 is 19.7 Å². The molecule has 2 aliphatic heterocycles. The van der Waals surface area contributed by atoms with E-state index in [0.29, 0.717) is 21.5 Å². The fraction of sp³-hybridized carbons (Fsp3) is 0.208. The van der Waals surface area contributed by atoms with Crippen molar-refractivity contribution in [3.63, 3.8) is 0 Å². The number of carbonyl (C=O) groups excluding carboxylic acids is 2. The molecule has 0 fully saturated rings. The average molecular weight is 546 g/mol. The smallest absolute Gasteiger partial charge is 0.338 e. The molecular formula is C24H21BrFN3O4S. The summed E-state index contributed by atoms with van der Waals surface area (Å²) in [5.74, 6) is -1.05. The molecule has 0 unspecified atom stereocenters. The summed E-state index contributed by atoms with van der Waals surface area (Å²) in [6.45, 7) is 3.48. The number of hydrogen-bond acceptors (Lipinski definition) is 7. The van der Waals surface area contributed by atoms with Crippen LogP contribution in [0.25, 0.3) is 0 Å². The van der Waals surface area contributed by atoms with Gasteiger partial charge in [0.2, 0.25) is 0 Å². The quantitative estimate of drug-likeness (QED) is 0.471. The number of carbonyl (C=O) groups is 2. The van der Waals surface area contributed by atoms with Crippen LogP contribution < -0.4 is 10.1 Å². The number of amides is 1. The molecule has 0 spiro atoms. The second-order valence-corrected chi connectivity index (χ2v) is 9.15. The highest BCUT2D eigenvalue weighted by atomic mass is 79.9. The van der Waals surface area contributed by atoms with E-state index in [4.69, 9.17) is 9.47 Å². The van der Waals surface area contributed by atoms with Gasteiger partial charge in [-0.2, -0.15) is 0 Å². The molecule has 1 atom stereocenters. The standard InChI is InChI=1S/C24H21BrFN3O4S/c1-3-32-23(31)21-14(2)27-24-29(9-10-34-24)22(21)15-5-4-6-17(11-15)33-13-20(30)28-19-8-7-16(25)12-18(19)26/h4-12,22H,3,13H2,1-2H3,(H,28,30)/t22-/m1/s1. The number of esters is 1. The molecule has 0 bridgehead atoms. The predicted octanol–water partition coefficient (Wildman–Crippen LogP) is 5.37. The number of hydrogen-bond donors (Lipinski definition) is 1. The lowest BCUT2D eigenvalue weighted by molar-refractivity contribution is -0.139. The Morgan fingerprint density at radius 1 is 1.26 bits per heavy atom. The lowest BCUT2D eigenvalue weighted by atomic mass is 9.94. The summed E-state index contributed by atoms with van der Waals surface area (Å²) >= 11 is 4.65. The summed E-state index contributed by atoms with van der Waals surface area (Å²) in [5, 5.41) is 5.16. The Balaban J connectivity index is 1.52. The highest BCUT2D eigenvalue weighted by Crippen LogP contribution is 2.41. The van der Waals surface area contributed by atoms with E-state index >= 15 is 0 Å². The highest BCUT2D eigenvalue weighted by molar-refractivity contribution is 9.10. The maximum Gasteiger partial charge on any atom is 0.338 e. The second-order valence-electron chi connectivity index (χ2n) is 7.36. The third kappa shape index (κ3) is 5.18. The van der Waals surface area contributed by atoms with Crippen LogP contribution in [-0.4, -0.2) is 35.2 Å². The molecular weight excluding hydrogens is 525 g/mol. The Morgan fingerprint density at radius 3 is 2.85 bits per heavy atom. The Bertz CT molecular complexity index is 1230. The van der Waals surface area contributed by atoms with Crippen molar-refractivity contribution in [2.75, 3.05) is 18.5 Å². The number of anilines is 1. The maximum absolute atomic E-state index is 14.0. The number of nitrogens with one attached hydrogen (secondary N) is 1. The van der Waals surface area contributed by atoms with E-state index in [1.165, 1.54) is 23.9 Å². The molecule has 2 aromatic carbocycles. The van der Waals surface area contributed by atoms with E-state index in [0.717, 1.165) is 10.7 Å². The minimum atomic E-state index is -0.551. The number of halogens is 2. The Morgan fingerprint density at radius 2 is 2.09 bits per heavy atom. The molecule has 4 rings (SSSR count). The fourth-order valence-electron chi connectivity index (χ4n) is 3.60. The summed E-state index contributed by atoms with van der Waals surface area (Å²) in [5.41, 5.74) is 1.88. The van der Waals surface area contributed by atoms with Crippen LogP contribution >= 0.6 is 27.7 Å². The van der Waals surface area contributed by atoms with E-state index in [1.54, 1.807) is 38.1 Å². The van der Waals surface area contributed by atoms with Crippen LogP contribution in [0.3, 0.4) is 0 Å². The number of nitrogens with zero attached hydrogens (tertiary/aromatic N) is 2. The molecule has 1 amide bonds. The average Bonchev–Trinajstić information content (AvgIpc) is 3.27. The number of thioether (sulfide) groups is 1. The molecule has 0 aliphatic carbocycles. The van der Waals surface area contributed by atoms with Gasteiger partial charge in [0.25, 0.3) is 5.91 Å². The number of ether oxygens (including phenoxy) is 2. The molecule has 34 heavy (non-hydrogen) atoms. The van der Waals surface area contributed by atoms with Crippen molar-refractivity contribution < 1.29 is 23.5 Å². The summed E-state index contributed by atoms with van der Waals surface area (Å²) < 4.78 is 25.5. The van der Waals surface area contributed by atoms with Gasteiger partial charge in [0.1, 0.15) is 11.6 Å². The van der Waals surface area contributed by atoms with Crippen LogP contribution in [0.4, 0.5) is 10.1 Å². The largest absolute Gasteiger partial charge is 0.484 e. The fourth-order valence-corrected chi connectivity index (χ4v) is 4.72. The van der Waals surface area contributed by atoms with E-state index in [2.05, 4.69) is 26.2 Å². The molecule has 7 nitrogen and oxygen atoms in total. The van der Waals surface area contributed by atoms with Gasteiger partial charge in [0.05, 0.1) is 29.6 Å². The van der Waals surface area contributed by atoms with Crippen LogP contribution in [-0.2, 0) is 14.3 Å². The molecule has 0 aromatic heterocycles. The van der Waals surface area contributed by atoms with Crippen molar-refractivity contribution in [2.24, 2.45) is 4.99 Å². The second kappa shape index (κ2) is 10.4. The van der Waals surface area contributed by atoms with Crippen molar-refractivity contribution in [1.29, 1.82) is 0 Å². The minimum absolute atomic E-state index is 0.0672. The molecule has 10 heteroatoms. The molecule has 176 valence electrons. The first-order valence-electron chi connectivity index (χ1n) is 10.4. The van der Waals surface area contributed by atoms with Crippen molar-refractivity contribution in [3.8, 4) is 5.75 Å². The normalized spacial score (nSPS) is 16.8. The maximum atomic E-state index is 14.0. The zero-order valence-electron chi connectivity index (χ0n) is 18.4. The van der Waals surface area contributed by atoms with Crippen molar-refractivity contribution in [1.82, 2.24) is 4.90 Å². The molecule has 0 saturated carbocycles.